The van der Waals surface area contributed by atoms with Gasteiger partial charge in [0.1, 0.15) is 5.82 Å². The third-order valence-electron chi connectivity index (χ3n) is 2.60. The van der Waals surface area contributed by atoms with Gasteiger partial charge in [0.05, 0.1) is 5.71 Å². The smallest absolute Gasteiger partial charge is 0.267 e. The molecule has 0 unspecified atom stereocenters. The minimum atomic E-state index is -0.359. The lowest BCUT2D eigenvalue weighted by Gasteiger charge is -2.00. The largest absolute Gasteiger partial charge is 0.271 e. The van der Waals surface area contributed by atoms with Gasteiger partial charge in [-0.1, -0.05) is 5.57 Å². The molecular formula is C13H13FN2O. The summed E-state index contributed by atoms with van der Waals surface area (Å²) in [6.07, 6.45) is 3.81. The zero-order valence-electron chi connectivity index (χ0n) is 9.53. The second-order valence-corrected chi connectivity index (χ2v) is 4.04. The minimum absolute atomic E-state index is 0.324. The van der Waals surface area contributed by atoms with E-state index in [2.05, 4.69) is 10.5 Å². The number of benzene rings is 1. The van der Waals surface area contributed by atoms with Crippen molar-refractivity contribution in [2.75, 3.05) is 0 Å². The molecule has 0 saturated heterocycles. The fourth-order valence-electron chi connectivity index (χ4n) is 1.63. The number of amides is 1. The van der Waals surface area contributed by atoms with Gasteiger partial charge in [-0.05, 0) is 50.1 Å². The van der Waals surface area contributed by atoms with Crippen LogP contribution in [0.25, 0.3) is 0 Å². The van der Waals surface area contributed by atoms with Gasteiger partial charge in [-0.25, -0.2) is 9.82 Å². The standard InChI is InChI=1S/C13H13FN2O/c1-9-2-7-12(8-9)15-16-13(17)10-3-5-11(14)6-4-10/h3-6,8H,2,7H2,1H3,(H,16,17)/b15-12+. The lowest BCUT2D eigenvalue weighted by atomic mass is 10.2. The Labute approximate surface area is 99.0 Å². The molecule has 2 rings (SSSR count). The van der Waals surface area contributed by atoms with Gasteiger partial charge in [-0.15, -0.1) is 0 Å². The maximum atomic E-state index is 12.7. The van der Waals surface area contributed by atoms with Gasteiger partial charge in [-0.3, -0.25) is 4.79 Å². The molecule has 0 aromatic heterocycles. The zero-order chi connectivity index (χ0) is 12.3. The minimum Gasteiger partial charge on any atom is -0.267 e. The van der Waals surface area contributed by atoms with Gasteiger partial charge >= 0.3 is 0 Å². The summed E-state index contributed by atoms with van der Waals surface area (Å²) in [5.41, 5.74) is 5.00. The van der Waals surface area contributed by atoms with Crippen LogP contribution >= 0.6 is 0 Å². The van der Waals surface area contributed by atoms with E-state index in [1.165, 1.54) is 29.8 Å². The first-order valence-corrected chi connectivity index (χ1v) is 5.45. The predicted molar refractivity (Wildman–Crippen MR) is 64.3 cm³/mol. The van der Waals surface area contributed by atoms with Crippen molar-refractivity contribution in [2.45, 2.75) is 19.8 Å². The molecule has 1 amide bonds. The first-order chi connectivity index (χ1) is 8.15. The van der Waals surface area contributed by atoms with Gasteiger partial charge in [-0.2, -0.15) is 5.10 Å². The lowest BCUT2D eigenvalue weighted by Crippen LogP contribution is -2.18. The van der Waals surface area contributed by atoms with E-state index in [-0.39, 0.29) is 11.7 Å². The molecule has 3 nitrogen and oxygen atoms in total. The average Bonchev–Trinajstić information content (AvgIpc) is 2.73. The summed E-state index contributed by atoms with van der Waals surface area (Å²) in [6, 6.07) is 5.37. The number of nitrogens with zero attached hydrogens (tertiary/aromatic N) is 1. The number of nitrogens with one attached hydrogen (secondary N) is 1. The normalized spacial score (nSPS) is 17.1. The van der Waals surface area contributed by atoms with Crippen molar-refractivity contribution in [2.24, 2.45) is 5.10 Å². The number of rotatable bonds is 2. The maximum Gasteiger partial charge on any atom is 0.271 e. The Morgan fingerprint density at radius 3 is 2.59 bits per heavy atom. The van der Waals surface area contributed by atoms with Crippen LogP contribution < -0.4 is 5.43 Å². The van der Waals surface area contributed by atoms with E-state index in [4.69, 9.17) is 0 Å². The fourth-order valence-corrected chi connectivity index (χ4v) is 1.63. The third-order valence-corrected chi connectivity index (χ3v) is 2.60. The van der Waals surface area contributed by atoms with Crippen molar-refractivity contribution in [1.29, 1.82) is 0 Å². The van der Waals surface area contributed by atoms with Gasteiger partial charge in [0, 0.05) is 5.56 Å². The van der Waals surface area contributed by atoms with Gasteiger partial charge < -0.3 is 0 Å². The van der Waals surface area contributed by atoms with Gasteiger partial charge in [0.25, 0.3) is 5.91 Å². The Morgan fingerprint density at radius 1 is 1.29 bits per heavy atom. The Balaban J connectivity index is 2.00. The molecular weight excluding hydrogens is 219 g/mol. The molecule has 1 aromatic rings. The highest BCUT2D eigenvalue weighted by Gasteiger charge is 2.08. The third kappa shape index (κ3) is 3.00. The number of carbonyl (C=O) groups is 1. The van der Waals surface area contributed by atoms with Crippen molar-refractivity contribution in [3.8, 4) is 0 Å². The average molecular weight is 232 g/mol. The molecule has 4 heteroatoms. The molecule has 0 bridgehead atoms. The Kier molecular flexibility index (Phi) is 3.32. The zero-order valence-corrected chi connectivity index (χ0v) is 9.53. The molecule has 88 valence electrons. The first kappa shape index (κ1) is 11.5. The molecule has 0 saturated carbocycles. The van der Waals surface area contributed by atoms with Crippen molar-refractivity contribution < 1.29 is 9.18 Å². The van der Waals surface area contributed by atoms with Crippen LogP contribution in [-0.4, -0.2) is 11.6 Å². The van der Waals surface area contributed by atoms with E-state index >= 15 is 0 Å². The van der Waals surface area contributed by atoms with Crippen LogP contribution in [0.4, 0.5) is 4.39 Å². The van der Waals surface area contributed by atoms with Crippen LogP contribution in [-0.2, 0) is 0 Å². The first-order valence-electron chi connectivity index (χ1n) is 5.45. The number of hydrogen-bond donors (Lipinski definition) is 1. The van der Waals surface area contributed by atoms with Gasteiger partial charge in [0.2, 0.25) is 0 Å². The number of carbonyl (C=O) groups excluding carboxylic acids is 1. The van der Waals surface area contributed by atoms with Crippen LogP contribution in [0.1, 0.15) is 30.1 Å². The molecule has 1 aliphatic rings. The SMILES string of the molecule is CC1=C/C(=N/NC(=O)c2ccc(F)cc2)CC1. The van der Waals surface area contributed by atoms with Crippen LogP contribution in [0.15, 0.2) is 41.0 Å². The quantitative estimate of drug-likeness (QED) is 0.782. The summed E-state index contributed by atoms with van der Waals surface area (Å²) in [7, 11) is 0. The Hall–Kier alpha value is -1.97. The Bertz CT molecular complexity index is 489. The molecule has 1 N–H and O–H groups in total. The van der Waals surface area contributed by atoms with Crippen molar-refractivity contribution in [1.82, 2.24) is 5.43 Å². The second-order valence-electron chi connectivity index (χ2n) is 4.04. The summed E-state index contributed by atoms with van der Waals surface area (Å²) in [5.74, 6) is -0.683. The van der Waals surface area contributed by atoms with E-state index in [1.54, 1.807) is 0 Å². The van der Waals surface area contributed by atoms with Gasteiger partial charge in [0.15, 0.2) is 0 Å². The molecule has 0 spiro atoms. The van der Waals surface area contributed by atoms with Crippen molar-refractivity contribution in [3.05, 3.63) is 47.3 Å². The maximum absolute atomic E-state index is 12.7. The number of allylic oxidation sites excluding steroid dienone is 2. The molecule has 17 heavy (non-hydrogen) atoms. The lowest BCUT2D eigenvalue weighted by molar-refractivity contribution is 0.0955. The molecule has 1 aromatic carbocycles. The molecule has 1 aliphatic carbocycles. The predicted octanol–water partition coefficient (Wildman–Crippen LogP) is 2.65. The molecule has 0 heterocycles. The fraction of sp³-hybridized carbons (Fsp3) is 0.231. The Morgan fingerprint density at radius 2 is 2.00 bits per heavy atom. The highest BCUT2D eigenvalue weighted by Crippen LogP contribution is 2.14. The van der Waals surface area contributed by atoms with E-state index in [9.17, 15) is 9.18 Å². The number of halogens is 1. The monoisotopic (exact) mass is 232 g/mol. The second kappa shape index (κ2) is 4.91. The highest BCUT2D eigenvalue weighted by molar-refractivity contribution is 6.00. The van der Waals surface area contributed by atoms with Crippen LogP contribution in [0.5, 0.6) is 0 Å². The van der Waals surface area contributed by atoms with Crippen LogP contribution in [0.3, 0.4) is 0 Å². The van der Waals surface area contributed by atoms with Crippen LogP contribution in [0.2, 0.25) is 0 Å². The summed E-state index contributed by atoms with van der Waals surface area (Å²) >= 11 is 0. The summed E-state index contributed by atoms with van der Waals surface area (Å²) in [6.45, 7) is 2.03. The van der Waals surface area contributed by atoms with E-state index in [0.29, 0.717) is 5.56 Å². The molecule has 0 aliphatic heterocycles. The topological polar surface area (TPSA) is 41.5 Å². The number of hydrogen-bond acceptors (Lipinski definition) is 2. The van der Waals surface area contributed by atoms with E-state index in [0.717, 1.165) is 18.6 Å². The summed E-state index contributed by atoms with van der Waals surface area (Å²) in [5, 5.41) is 4.02. The van der Waals surface area contributed by atoms with E-state index < -0.39 is 0 Å². The molecule has 0 atom stereocenters. The summed E-state index contributed by atoms with van der Waals surface area (Å²) < 4.78 is 12.7. The van der Waals surface area contributed by atoms with Crippen molar-refractivity contribution >= 4 is 11.6 Å². The van der Waals surface area contributed by atoms with E-state index in [1.807, 2.05) is 13.0 Å². The molecule has 0 radical (unpaired) electrons. The van der Waals surface area contributed by atoms with Crippen LogP contribution in [0, 0.1) is 5.82 Å². The number of hydrazone groups is 1. The van der Waals surface area contributed by atoms with Crippen molar-refractivity contribution in [3.63, 3.8) is 0 Å². The summed E-state index contributed by atoms with van der Waals surface area (Å²) in [4.78, 5) is 11.6. The molecule has 0 fully saturated rings. The highest BCUT2D eigenvalue weighted by atomic mass is 19.1.